The van der Waals surface area contributed by atoms with Gasteiger partial charge in [0.2, 0.25) is 5.91 Å². The average Bonchev–Trinajstić information content (AvgIpc) is 2.69. The molecule has 4 nitrogen and oxygen atoms in total. The zero-order valence-electron chi connectivity index (χ0n) is 15.4. The Morgan fingerprint density at radius 3 is 2.64 bits per heavy atom. The molecule has 2 N–H and O–H groups in total. The van der Waals surface area contributed by atoms with Crippen molar-refractivity contribution in [3.8, 4) is 5.75 Å². The second-order valence-corrected chi connectivity index (χ2v) is 7.46. The second-order valence-electron chi connectivity index (χ2n) is 6.41. The van der Waals surface area contributed by atoms with Gasteiger partial charge in [-0.2, -0.15) is 0 Å². The first-order valence-electron chi connectivity index (χ1n) is 8.78. The molecule has 1 fully saturated rings. The van der Waals surface area contributed by atoms with Crippen LogP contribution >= 0.6 is 24.2 Å². The summed E-state index contributed by atoms with van der Waals surface area (Å²) in [5.74, 6) is -0.789. The maximum absolute atomic E-state index is 13.6. The highest BCUT2D eigenvalue weighted by Crippen LogP contribution is 2.27. The predicted octanol–water partition coefficient (Wildman–Crippen LogP) is 3.75. The van der Waals surface area contributed by atoms with Gasteiger partial charge >= 0.3 is 0 Å². The maximum Gasteiger partial charge on any atom is 0.230 e. The molecule has 1 amide bonds. The van der Waals surface area contributed by atoms with Gasteiger partial charge in [-0.25, -0.2) is 8.78 Å². The molecule has 0 aliphatic carbocycles. The molecule has 1 aliphatic heterocycles. The number of amides is 1. The summed E-state index contributed by atoms with van der Waals surface area (Å²) in [4.78, 5) is 13.4. The van der Waals surface area contributed by atoms with Crippen LogP contribution < -0.4 is 15.4 Å². The Kier molecular flexibility index (Phi) is 8.54. The van der Waals surface area contributed by atoms with Crippen molar-refractivity contribution in [3.05, 3.63) is 59.7 Å². The van der Waals surface area contributed by atoms with Crippen molar-refractivity contribution in [2.45, 2.75) is 23.3 Å². The number of ether oxygens (including phenoxy) is 1. The van der Waals surface area contributed by atoms with Gasteiger partial charge in [0, 0.05) is 23.4 Å². The van der Waals surface area contributed by atoms with E-state index in [9.17, 15) is 13.6 Å². The van der Waals surface area contributed by atoms with E-state index in [2.05, 4.69) is 10.6 Å². The van der Waals surface area contributed by atoms with E-state index in [4.69, 9.17) is 4.74 Å². The van der Waals surface area contributed by atoms with Crippen LogP contribution in [0.15, 0.2) is 47.4 Å². The quantitative estimate of drug-likeness (QED) is 0.688. The van der Waals surface area contributed by atoms with Gasteiger partial charge in [-0.15, -0.1) is 24.2 Å². The summed E-state index contributed by atoms with van der Waals surface area (Å²) in [6.07, 6.45) is 0.752. The van der Waals surface area contributed by atoms with Gasteiger partial charge < -0.3 is 15.4 Å². The highest BCUT2D eigenvalue weighted by Gasteiger charge is 2.28. The lowest BCUT2D eigenvalue weighted by Gasteiger charge is -2.33. The molecule has 2 aromatic carbocycles. The third-order valence-corrected chi connectivity index (χ3v) is 5.64. The number of carbonyl (C=O) groups is 1. The normalized spacial score (nSPS) is 18.8. The minimum atomic E-state index is -0.857. The van der Waals surface area contributed by atoms with Crippen LogP contribution in [-0.4, -0.2) is 37.9 Å². The summed E-state index contributed by atoms with van der Waals surface area (Å²) >= 11 is 1.44. The standard InChI is InChI=1S/C20H22F2N2O2S.ClH/c1-26-14-3-5-15(6-4-14)27-12-20(25)24-19-11-23-9-8-16(19)13-2-7-17(21)18(22)10-13;/h2-7,10,16,19,23H,8-9,11-12H2,1H3,(H,24,25);1H. The molecule has 1 aliphatic rings. The molecule has 0 radical (unpaired) electrons. The first-order valence-corrected chi connectivity index (χ1v) is 9.77. The summed E-state index contributed by atoms with van der Waals surface area (Å²) in [6, 6.07) is 11.3. The number of benzene rings is 2. The molecule has 0 aromatic heterocycles. The van der Waals surface area contributed by atoms with Crippen LogP contribution in [0.4, 0.5) is 8.78 Å². The number of hydrogen-bond donors (Lipinski definition) is 2. The molecule has 0 spiro atoms. The lowest BCUT2D eigenvalue weighted by atomic mass is 9.86. The number of hydrogen-bond acceptors (Lipinski definition) is 4. The highest BCUT2D eigenvalue weighted by molar-refractivity contribution is 8.00. The molecule has 2 atom stereocenters. The van der Waals surface area contributed by atoms with Crippen molar-refractivity contribution < 1.29 is 18.3 Å². The van der Waals surface area contributed by atoms with Crippen LogP contribution in [0.3, 0.4) is 0 Å². The Morgan fingerprint density at radius 2 is 1.96 bits per heavy atom. The van der Waals surface area contributed by atoms with E-state index in [1.165, 1.54) is 17.8 Å². The van der Waals surface area contributed by atoms with E-state index in [1.807, 2.05) is 24.3 Å². The zero-order valence-corrected chi connectivity index (χ0v) is 17.0. The Morgan fingerprint density at radius 1 is 1.21 bits per heavy atom. The molecule has 3 rings (SSSR count). The molecule has 28 heavy (non-hydrogen) atoms. The fourth-order valence-corrected chi connectivity index (χ4v) is 3.93. The van der Waals surface area contributed by atoms with Crippen LogP contribution in [0.2, 0.25) is 0 Å². The van der Waals surface area contributed by atoms with Crippen LogP contribution in [0.5, 0.6) is 5.75 Å². The molecule has 152 valence electrons. The lowest BCUT2D eigenvalue weighted by Crippen LogP contribution is -2.50. The molecule has 0 saturated carbocycles. The van der Waals surface area contributed by atoms with E-state index in [0.717, 1.165) is 29.7 Å². The fraction of sp³-hybridized carbons (Fsp3) is 0.350. The molecule has 1 saturated heterocycles. The SMILES string of the molecule is COc1ccc(SCC(=O)NC2CNCCC2c2ccc(F)c(F)c2)cc1.Cl. The minimum absolute atomic E-state index is 0. The van der Waals surface area contributed by atoms with Crippen molar-refractivity contribution in [2.24, 2.45) is 0 Å². The number of halogens is 3. The number of nitrogens with one attached hydrogen (secondary N) is 2. The Hall–Kier alpha value is -1.83. The van der Waals surface area contributed by atoms with Gasteiger partial charge in [-0.05, 0) is 54.9 Å². The van der Waals surface area contributed by atoms with Crippen molar-refractivity contribution in [1.29, 1.82) is 0 Å². The van der Waals surface area contributed by atoms with Crippen molar-refractivity contribution in [2.75, 3.05) is 26.0 Å². The number of rotatable bonds is 6. The molecule has 2 unspecified atom stereocenters. The van der Waals surface area contributed by atoms with Crippen LogP contribution in [-0.2, 0) is 4.79 Å². The lowest BCUT2D eigenvalue weighted by molar-refractivity contribution is -0.119. The van der Waals surface area contributed by atoms with Gasteiger partial charge in [0.05, 0.1) is 12.9 Å². The van der Waals surface area contributed by atoms with Crippen molar-refractivity contribution >= 4 is 30.1 Å². The topological polar surface area (TPSA) is 50.4 Å². The molecular weight excluding hydrogens is 406 g/mol. The summed E-state index contributed by atoms with van der Waals surface area (Å²) in [5.41, 5.74) is 0.712. The summed E-state index contributed by atoms with van der Waals surface area (Å²) < 4.78 is 31.9. The first kappa shape index (κ1) is 22.5. The highest BCUT2D eigenvalue weighted by atomic mass is 35.5. The summed E-state index contributed by atoms with van der Waals surface area (Å²) in [6.45, 7) is 1.37. The van der Waals surface area contributed by atoms with Crippen LogP contribution in [0.25, 0.3) is 0 Å². The van der Waals surface area contributed by atoms with E-state index in [0.29, 0.717) is 12.1 Å². The maximum atomic E-state index is 13.6. The molecular formula is C20H23ClF2N2O2S. The Balaban J connectivity index is 0.00000280. The molecule has 1 heterocycles. The van der Waals surface area contributed by atoms with Crippen LogP contribution in [0.1, 0.15) is 17.9 Å². The monoisotopic (exact) mass is 428 g/mol. The average molecular weight is 429 g/mol. The van der Waals surface area contributed by atoms with Gasteiger partial charge in [0.1, 0.15) is 5.75 Å². The largest absolute Gasteiger partial charge is 0.497 e. The number of piperidine rings is 1. The zero-order chi connectivity index (χ0) is 19.2. The molecule has 8 heteroatoms. The van der Waals surface area contributed by atoms with E-state index >= 15 is 0 Å². The Bertz CT molecular complexity index is 792. The van der Waals surface area contributed by atoms with Gasteiger partial charge in [-0.3, -0.25) is 4.79 Å². The summed E-state index contributed by atoms with van der Waals surface area (Å²) in [5, 5.41) is 6.28. The molecule has 2 aromatic rings. The predicted molar refractivity (Wildman–Crippen MR) is 109 cm³/mol. The fourth-order valence-electron chi connectivity index (χ4n) is 3.22. The third kappa shape index (κ3) is 5.83. The first-order chi connectivity index (χ1) is 13.1. The Labute approximate surface area is 173 Å². The van der Waals surface area contributed by atoms with Gasteiger partial charge in [-0.1, -0.05) is 6.07 Å². The van der Waals surface area contributed by atoms with E-state index < -0.39 is 11.6 Å². The number of carbonyl (C=O) groups excluding carboxylic acids is 1. The minimum Gasteiger partial charge on any atom is -0.497 e. The second kappa shape index (κ2) is 10.6. The number of methoxy groups -OCH3 is 1. The third-order valence-electron chi connectivity index (χ3n) is 4.63. The van der Waals surface area contributed by atoms with E-state index in [-0.39, 0.29) is 36.0 Å². The van der Waals surface area contributed by atoms with E-state index in [1.54, 1.807) is 13.2 Å². The summed E-state index contributed by atoms with van der Waals surface area (Å²) in [7, 11) is 1.61. The molecule has 0 bridgehead atoms. The van der Waals surface area contributed by atoms with Gasteiger partial charge in [0.25, 0.3) is 0 Å². The van der Waals surface area contributed by atoms with Crippen molar-refractivity contribution in [3.63, 3.8) is 0 Å². The van der Waals surface area contributed by atoms with Gasteiger partial charge in [0.15, 0.2) is 11.6 Å². The van der Waals surface area contributed by atoms with Crippen LogP contribution in [0, 0.1) is 11.6 Å². The number of thioether (sulfide) groups is 1. The smallest absolute Gasteiger partial charge is 0.230 e. The van der Waals surface area contributed by atoms with Crippen molar-refractivity contribution in [1.82, 2.24) is 10.6 Å².